The highest BCUT2D eigenvalue weighted by atomic mass is 16.1. The maximum absolute atomic E-state index is 12.0. The van der Waals surface area contributed by atoms with E-state index in [1.807, 2.05) is 13.8 Å². The molecule has 1 aliphatic rings. The van der Waals surface area contributed by atoms with E-state index in [0.717, 1.165) is 13.0 Å². The molecule has 2 aromatic rings. The van der Waals surface area contributed by atoms with Gasteiger partial charge in [-0.1, -0.05) is 13.8 Å². The Kier molecular flexibility index (Phi) is 4.29. The van der Waals surface area contributed by atoms with Gasteiger partial charge >= 0.3 is 0 Å². The van der Waals surface area contributed by atoms with Gasteiger partial charge in [0.1, 0.15) is 5.69 Å². The molecule has 0 bridgehead atoms. The van der Waals surface area contributed by atoms with Crippen molar-refractivity contribution in [3.63, 3.8) is 0 Å². The summed E-state index contributed by atoms with van der Waals surface area (Å²) in [5.74, 6) is 0.380. The summed E-state index contributed by atoms with van der Waals surface area (Å²) in [5.41, 5.74) is 6.51. The fourth-order valence-electron chi connectivity index (χ4n) is 2.04. The third kappa shape index (κ3) is 2.47. The molecule has 0 radical (unpaired) electrons. The standard InChI is InChI=1S/C11H12N6O.C2H6/c12-10-9(11(18)17-6-2-5-16(10)17)15-14-8-3-1-4-13-7-8;1-2/h1,3-4,7H,2,5-6,12H2;1-2H3. The summed E-state index contributed by atoms with van der Waals surface area (Å²) < 4.78 is 3.35. The van der Waals surface area contributed by atoms with Crippen LogP contribution in [0.15, 0.2) is 39.5 Å². The van der Waals surface area contributed by atoms with Gasteiger partial charge in [0.2, 0.25) is 0 Å². The van der Waals surface area contributed by atoms with Crippen molar-refractivity contribution < 1.29 is 0 Å². The Morgan fingerprint density at radius 2 is 2.00 bits per heavy atom. The average molecular weight is 274 g/mol. The Hall–Kier alpha value is -2.44. The molecule has 0 amide bonds. The van der Waals surface area contributed by atoms with E-state index in [-0.39, 0.29) is 11.2 Å². The van der Waals surface area contributed by atoms with E-state index in [1.54, 1.807) is 33.9 Å². The minimum absolute atomic E-state index is 0.183. The Labute approximate surface area is 116 Å². The zero-order valence-corrected chi connectivity index (χ0v) is 11.7. The van der Waals surface area contributed by atoms with Crippen molar-refractivity contribution in [1.82, 2.24) is 14.3 Å². The van der Waals surface area contributed by atoms with Gasteiger partial charge in [-0.15, -0.1) is 10.2 Å². The smallest absolute Gasteiger partial charge is 0.296 e. The molecule has 3 heterocycles. The molecule has 7 heteroatoms. The third-order valence-corrected chi connectivity index (χ3v) is 2.90. The van der Waals surface area contributed by atoms with Gasteiger partial charge in [0.05, 0.1) is 6.20 Å². The fourth-order valence-corrected chi connectivity index (χ4v) is 2.04. The molecule has 0 fully saturated rings. The van der Waals surface area contributed by atoms with Crippen LogP contribution in [0.1, 0.15) is 20.3 Å². The topological polar surface area (TPSA) is 90.6 Å². The van der Waals surface area contributed by atoms with Crippen molar-refractivity contribution in [2.75, 3.05) is 5.73 Å². The van der Waals surface area contributed by atoms with Gasteiger partial charge in [0.25, 0.3) is 5.56 Å². The van der Waals surface area contributed by atoms with Crippen molar-refractivity contribution >= 4 is 17.2 Å². The number of pyridine rings is 1. The fraction of sp³-hybridized carbons (Fsp3) is 0.385. The van der Waals surface area contributed by atoms with Gasteiger partial charge < -0.3 is 5.73 Å². The Morgan fingerprint density at radius 1 is 1.25 bits per heavy atom. The van der Waals surface area contributed by atoms with Crippen molar-refractivity contribution in [2.45, 2.75) is 33.4 Å². The number of hydrogen-bond acceptors (Lipinski definition) is 5. The summed E-state index contributed by atoms with van der Waals surface area (Å²) in [7, 11) is 0. The molecule has 0 atom stereocenters. The van der Waals surface area contributed by atoms with Crippen molar-refractivity contribution in [2.24, 2.45) is 10.2 Å². The Morgan fingerprint density at radius 3 is 2.65 bits per heavy atom. The van der Waals surface area contributed by atoms with Crippen molar-refractivity contribution in [3.05, 3.63) is 34.9 Å². The minimum Gasteiger partial charge on any atom is -0.382 e. The molecular formula is C13H18N6O. The normalized spacial score (nSPS) is 13.1. The molecule has 106 valence electrons. The molecule has 0 saturated carbocycles. The lowest BCUT2D eigenvalue weighted by Crippen LogP contribution is -2.16. The maximum atomic E-state index is 12.0. The van der Waals surface area contributed by atoms with Crippen LogP contribution in [0.5, 0.6) is 0 Å². The van der Waals surface area contributed by atoms with Crippen molar-refractivity contribution in [1.29, 1.82) is 0 Å². The van der Waals surface area contributed by atoms with E-state index in [0.29, 0.717) is 18.1 Å². The van der Waals surface area contributed by atoms with E-state index in [4.69, 9.17) is 5.73 Å². The molecule has 3 rings (SSSR count). The van der Waals surface area contributed by atoms with Crippen LogP contribution in [0.3, 0.4) is 0 Å². The highest BCUT2D eigenvalue weighted by Gasteiger charge is 2.21. The molecule has 0 aromatic carbocycles. The number of hydrogen-bond donors (Lipinski definition) is 1. The summed E-state index contributed by atoms with van der Waals surface area (Å²) in [6.07, 6.45) is 4.15. The zero-order valence-electron chi connectivity index (χ0n) is 11.7. The minimum atomic E-state index is -0.183. The summed E-state index contributed by atoms with van der Waals surface area (Å²) >= 11 is 0. The van der Waals surface area contributed by atoms with Crippen molar-refractivity contribution in [3.8, 4) is 0 Å². The number of nitrogen functional groups attached to an aromatic ring is 1. The second-order valence-electron chi connectivity index (χ2n) is 4.05. The summed E-state index contributed by atoms with van der Waals surface area (Å²) in [6, 6.07) is 3.51. The van der Waals surface area contributed by atoms with E-state index >= 15 is 0 Å². The highest BCUT2D eigenvalue weighted by molar-refractivity contribution is 5.57. The van der Waals surface area contributed by atoms with Crippen LogP contribution in [-0.2, 0) is 13.1 Å². The van der Waals surface area contributed by atoms with Crippen LogP contribution in [0.4, 0.5) is 17.2 Å². The predicted octanol–water partition coefficient (Wildman–Crippen LogP) is 2.47. The van der Waals surface area contributed by atoms with Gasteiger partial charge in [-0.25, -0.2) is 4.68 Å². The summed E-state index contributed by atoms with van der Waals surface area (Å²) in [6.45, 7) is 5.44. The SMILES string of the molecule is CC.Nc1c(N=Nc2cccnc2)c(=O)n2n1CCC2. The predicted molar refractivity (Wildman–Crippen MR) is 77.5 cm³/mol. The number of fused-ring (bicyclic) bond motifs is 1. The number of aromatic nitrogens is 3. The van der Waals surface area contributed by atoms with Crippen LogP contribution in [0.2, 0.25) is 0 Å². The zero-order chi connectivity index (χ0) is 14.5. The quantitative estimate of drug-likeness (QED) is 0.853. The van der Waals surface area contributed by atoms with Crippen LogP contribution >= 0.6 is 0 Å². The van der Waals surface area contributed by atoms with E-state index in [9.17, 15) is 4.79 Å². The van der Waals surface area contributed by atoms with Crippen LogP contribution < -0.4 is 11.3 Å². The monoisotopic (exact) mass is 274 g/mol. The average Bonchev–Trinajstić information content (AvgIpc) is 3.06. The molecule has 2 aromatic heterocycles. The molecule has 2 N–H and O–H groups in total. The van der Waals surface area contributed by atoms with E-state index in [2.05, 4.69) is 15.2 Å². The second kappa shape index (κ2) is 6.14. The maximum Gasteiger partial charge on any atom is 0.296 e. The first-order valence-electron chi connectivity index (χ1n) is 6.68. The lowest BCUT2D eigenvalue weighted by atomic mass is 10.4. The Bertz CT molecular complexity index is 655. The van der Waals surface area contributed by atoms with Crippen LogP contribution in [0.25, 0.3) is 0 Å². The third-order valence-electron chi connectivity index (χ3n) is 2.90. The molecule has 0 aliphatic carbocycles. The Balaban J connectivity index is 0.000000704. The number of nitrogens with two attached hydrogens (primary N) is 1. The highest BCUT2D eigenvalue weighted by Crippen LogP contribution is 2.23. The second-order valence-corrected chi connectivity index (χ2v) is 4.05. The molecule has 0 unspecified atom stereocenters. The van der Waals surface area contributed by atoms with Gasteiger partial charge in [-0.3, -0.25) is 14.5 Å². The van der Waals surface area contributed by atoms with Gasteiger partial charge in [0.15, 0.2) is 11.5 Å². The molecular weight excluding hydrogens is 256 g/mol. The number of anilines is 1. The van der Waals surface area contributed by atoms with Gasteiger partial charge in [0, 0.05) is 19.3 Å². The summed E-state index contributed by atoms with van der Waals surface area (Å²) in [5, 5.41) is 7.91. The first-order chi connectivity index (χ1) is 9.77. The molecule has 20 heavy (non-hydrogen) atoms. The van der Waals surface area contributed by atoms with E-state index < -0.39 is 0 Å². The molecule has 1 aliphatic heterocycles. The van der Waals surface area contributed by atoms with Gasteiger partial charge in [-0.05, 0) is 18.6 Å². The molecule has 7 nitrogen and oxygen atoms in total. The van der Waals surface area contributed by atoms with Crippen LogP contribution in [0, 0.1) is 0 Å². The lowest BCUT2D eigenvalue weighted by molar-refractivity contribution is 0.601. The number of nitrogens with zero attached hydrogens (tertiary/aromatic N) is 5. The summed E-state index contributed by atoms with van der Waals surface area (Å²) in [4.78, 5) is 15.9. The largest absolute Gasteiger partial charge is 0.382 e. The number of azo groups is 1. The lowest BCUT2D eigenvalue weighted by Gasteiger charge is -1.98. The molecule has 0 spiro atoms. The van der Waals surface area contributed by atoms with Gasteiger partial charge in [-0.2, -0.15) is 0 Å². The first-order valence-corrected chi connectivity index (χ1v) is 6.68. The first kappa shape index (κ1) is 14.0. The number of rotatable bonds is 2. The van der Waals surface area contributed by atoms with E-state index in [1.165, 1.54) is 0 Å². The van der Waals surface area contributed by atoms with Crippen LogP contribution in [-0.4, -0.2) is 14.3 Å². The molecule has 0 saturated heterocycles.